The van der Waals surface area contributed by atoms with Crippen molar-refractivity contribution in [2.24, 2.45) is 0 Å². The summed E-state index contributed by atoms with van der Waals surface area (Å²) < 4.78 is 2.18. The molecule has 0 aromatic carbocycles. The summed E-state index contributed by atoms with van der Waals surface area (Å²) in [4.78, 5) is 2.33. The molecule has 0 amide bonds. The molecular formula is C13H20N6S. The molecule has 6 nitrogen and oxygen atoms in total. The maximum Gasteiger partial charge on any atom is 0.208 e. The number of rotatable bonds is 3. The Morgan fingerprint density at radius 3 is 2.85 bits per heavy atom. The van der Waals surface area contributed by atoms with E-state index >= 15 is 0 Å². The lowest BCUT2D eigenvalue weighted by Gasteiger charge is -2.32. The number of hydrogen-bond acceptors (Lipinski definition) is 6. The van der Waals surface area contributed by atoms with Crippen LogP contribution in [0.3, 0.4) is 0 Å². The van der Waals surface area contributed by atoms with Crippen LogP contribution in [0, 0.1) is 6.92 Å². The van der Waals surface area contributed by atoms with Gasteiger partial charge in [0.05, 0.1) is 0 Å². The lowest BCUT2D eigenvalue weighted by atomic mass is 9.97. The van der Waals surface area contributed by atoms with E-state index in [1.165, 1.54) is 6.42 Å². The number of anilines is 1. The Kier molecular flexibility index (Phi) is 3.69. The number of hydrogen-bond donors (Lipinski definition) is 0. The Balaban J connectivity index is 1.79. The molecule has 1 saturated heterocycles. The van der Waals surface area contributed by atoms with Gasteiger partial charge in [-0.25, -0.2) is 0 Å². The van der Waals surface area contributed by atoms with Crippen LogP contribution in [-0.4, -0.2) is 38.1 Å². The van der Waals surface area contributed by atoms with Crippen molar-refractivity contribution in [2.75, 3.05) is 18.0 Å². The quantitative estimate of drug-likeness (QED) is 0.869. The molecule has 0 aliphatic carbocycles. The van der Waals surface area contributed by atoms with E-state index in [1.54, 1.807) is 11.3 Å². The Morgan fingerprint density at radius 2 is 2.15 bits per heavy atom. The van der Waals surface area contributed by atoms with Crippen LogP contribution in [0.25, 0.3) is 0 Å². The summed E-state index contributed by atoms with van der Waals surface area (Å²) in [6, 6.07) is 0.402. The molecule has 0 bridgehead atoms. The van der Waals surface area contributed by atoms with Crippen LogP contribution in [0.2, 0.25) is 0 Å². The first-order chi connectivity index (χ1) is 9.65. The molecule has 7 heteroatoms. The van der Waals surface area contributed by atoms with Gasteiger partial charge in [-0.2, -0.15) is 0 Å². The van der Waals surface area contributed by atoms with E-state index in [1.807, 2.05) is 13.3 Å². The topological polar surface area (TPSA) is 59.7 Å². The van der Waals surface area contributed by atoms with Gasteiger partial charge in [0, 0.05) is 25.0 Å². The van der Waals surface area contributed by atoms with Crippen LogP contribution in [-0.2, 0) is 0 Å². The van der Waals surface area contributed by atoms with Crippen molar-refractivity contribution in [1.82, 2.24) is 25.0 Å². The van der Waals surface area contributed by atoms with Crippen LogP contribution in [0.5, 0.6) is 0 Å². The highest BCUT2D eigenvalue weighted by Crippen LogP contribution is 2.31. The minimum Gasteiger partial charge on any atom is -0.346 e. The normalized spacial score (nSPS) is 19.8. The average molecular weight is 292 g/mol. The summed E-state index contributed by atoms with van der Waals surface area (Å²) in [5, 5.41) is 18.9. The maximum absolute atomic E-state index is 4.35. The van der Waals surface area contributed by atoms with Crippen LogP contribution < -0.4 is 4.90 Å². The van der Waals surface area contributed by atoms with Crippen molar-refractivity contribution in [3.05, 3.63) is 17.2 Å². The zero-order valence-corrected chi connectivity index (χ0v) is 13.0. The van der Waals surface area contributed by atoms with Gasteiger partial charge in [0.2, 0.25) is 5.13 Å². The monoisotopic (exact) mass is 292 g/mol. The van der Waals surface area contributed by atoms with E-state index < -0.39 is 0 Å². The third kappa shape index (κ3) is 2.54. The second kappa shape index (κ2) is 5.47. The van der Waals surface area contributed by atoms with Crippen molar-refractivity contribution in [3.8, 4) is 0 Å². The first-order valence-corrected chi connectivity index (χ1v) is 7.91. The molecule has 0 spiro atoms. The summed E-state index contributed by atoms with van der Waals surface area (Å²) in [5.74, 6) is 1.53. The third-order valence-electron chi connectivity index (χ3n) is 3.73. The van der Waals surface area contributed by atoms with Gasteiger partial charge in [0.25, 0.3) is 0 Å². The van der Waals surface area contributed by atoms with Gasteiger partial charge in [-0.15, -0.1) is 20.4 Å². The largest absolute Gasteiger partial charge is 0.346 e. The van der Waals surface area contributed by atoms with E-state index in [0.717, 1.165) is 35.5 Å². The van der Waals surface area contributed by atoms with Gasteiger partial charge in [-0.3, -0.25) is 0 Å². The highest BCUT2D eigenvalue weighted by molar-refractivity contribution is 7.15. The summed E-state index contributed by atoms with van der Waals surface area (Å²) in [5.41, 5.74) is 0. The zero-order valence-electron chi connectivity index (χ0n) is 12.2. The lowest BCUT2D eigenvalue weighted by Crippen LogP contribution is -2.35. The Labute approximate surface area is 122 Å². The smallest absolute Gasteiger partial charge is 0.208 e. The van der Waals surface area contributed by atoms with Crippen LogP contribution >= 0.6 is 11.3 Å². The molecule has 20 heavy (non-hydrogen) atoms. The highest BCUT2D eigenvalue weighted by Gasteiger charge is 2.27. The molecule has 108 valence electrons. The Hall–Kier alpha value is -1.50. The number of nitrogens with zero attached hydrogens (tertiary/aromatic N) is 6. The predicted octanol–water partition coefficient (Wildman–Crippen LogP) is 2.40. The first-order valence-electron chi connectivity index (χ1n) is 7.09. The fraction of sp³-hybridized carbons (Fsp3) is 0.692. The van der Waals surface area contributed by atoms with E-state index in [0.29, 0.717) is 12.0 Å². The van der Waals surface area contributed by atoms with E-state index in [4.69, 9.17) is 0 Å². The van der Waals surface area contributed by atoms with Crippen molar-refractivity contribution in [2.45, 2.75) is 45.6 Å². The van der Waals surface area contributed by atoms with E-state index in [-0.39, 0.29) is 0 Å². The fourth-order valence-electron chi connectivity index (χ4n) is 2.72. The SMILES string of the molecule is Cc1nnc(N2CCCC(c3nncn3C(C)C)C2)s1. The molecule has 1 aliphatic rings. The molecule has 0 saturated carbocycles. The predicted molar refractivity (Wildman–Crippen MR) is 79.2 cm³/mol. The van der Waals surface area contributed by atoms with Crippen molar-refractivity contribution >= 4 is 16.5 Å². The molecule has 3 rings (SSSR count). The second-order valence-corrected chi connectivity index (χ2v) is 6.74. The maximum atomic E-state index is 4.35. The second-order valence-electron chi connectivity index (χ2n) is 5.58. The minimum atomic E-state index is 0.402. The summed E-state index contributed by atoms with van der Waals surface area (Å²) in [6.45, 7) is 8.35. The number of piperidine rings is 1. The average Bonchev–Trinajstić information content (AvgIpc) is 3.07. The molecule has 1 aliphatic heterocycles. The number of aryl methyl sites for hydroxylation is 1. The Morgan fingerprint density at radius 1 is 1.30 bits per heavy atom. The van der Waals surface area contributed by atoms with Crippen LogP contribution in [0.1, 0.15) is 49.5 Å². The van der Waals surface area contributed by atoms with Crippen LogP contribution in [0.15, 0.2) is 6.33 Å². The van der Waals surface area contributed by atoms with E-state index in [9.17, 15) is 0 Å². The van der Waals surface area contributed by atoms with Gasteiger partial charge >= 0.3 is 0 Å². The Bertz CT molecular complexity index is 575. The first kappa shape index (κ1) is 13.5. The fourth-order valence-corrected chi connectivity index (χ4v) is 3.44. The van der Waals surface area contributed by atoms with Gasteiger partial charge in [-0.1, -0.05) is 11.3 Å². The summed E-state index contributed by atoms with van der Waals surface area (Å²) in [6.07, 6.45) is 4.17. The highest BCUT2D eigenvalue weighted by atomic mass is 32.1. The molecule has 1 atom stereocenters. The zero-order chi connectivity index (χ0) is 14.1. The molecule has 0 radical (unpaired) electrons. The standard InChI is InChI=1S/C13H20N6S/c1-9(2)19-8-14-16-12(19)11-5-4-6-18(7-11)13-17-15-10(3)20-13/h8-9,11H,4-7H2,1-3H3. The van der Waals surface area contributed by atoms with Gasteiger partial charge in [0.15, 0.2) is 0 Å². The molecule has 3 heterocycles. The lowest BCUT2D eigenvalue weighted by molar-refractivity contribution is 0.454. The third-order valence-corrected chi connectivity index (χ3v) is 4.63. The molecule has 1 fully saturated rings. The van der Waals surface area contributed by atoms with E-state index in [2.05, 4.69) is 43.7 Å². The van der Waals surface area contributed by atoms with Crippen molar-refractivity contribution < 1.29 is 0 Å². The van der Waals surface area contributed by atoms with Crippen molar-refractivity contribution in [1.29, 1.82) is 0 Å². The van der Waals surface area contributed by atoms with Gasteiger partial charge < -0.3 is 9.47 Å². The molecular weight excluding hydrogens is 272 g/mol. The van der Waals surface area contributed by atoms with Gasteiger partial charge in [-0.05, 0) is 33.6 Å². The number of aromatic nitrogens is 5. The van der Waals surface area contributed by atoms with Crippen molar-refractivity contribution in [3.63, 3.8) is 0 Å². The minimum absolute atomic E-state index is 0.402. The molecule has 1 unspecified atom stereocenters. The molecule has 2 aromatic heterocycles. The molecule has 0 N–H and O–H groups in total. The molecule has 2 aromatic rings. The summed E-state index contributed by atoms with van der Waals surface area (Å²) >= 11 is 1.66. The van der Waals surface area contributed by atoms with Crippen LogP contribution in [0.4, 0.5) is 5.13 Å². The van der Waals surface area contributed by atoms with Gasteiger partial charge in [0.1, 0.15) is 17.2 Å². The summed E-state index contributed by atoms with van der Waals surface area (Å²) in [7, 11) is 0.